The van der Waals surface area contributed by atoms with E-state index in [4.69, 9.17) is 6.11 Å². The smallest absolute Gasteiger partial charge is 0.306 e. The quantitative estimate of drug-likeness (QED) is 0.806. The Balaban J connectivity index is 2.91. The first-order chi connectivity index (χ1) is 8.51. The van der Waals surface area contributed by atoms with E-state index < -0.39 is 23.9 Å². The number of halogens is 1. The van der Waals surface area contributed by atoms with E-state index in [1.54, 1.807) is 13.8 Å². The largest absolute Gasteiger partial charge is 0.505 e. The number of carbonyl (C=O) groups excluding carboxylic acids is 1. The highest BCUT2D eigenvalue weighted by Gasteiger charge is 2.12. The molecule has 0 saturated carbocycles. The number of ether oxygens (including phenoxy) is 1. The van der Waals surface area contributed by atoms with Crippen molar-refractivity contribution in [1.82, 2.24) is 0 Å². The number of phenols is 1. The van der Waals surface area contributed by atoms with Gasteiger partial charge in [0, 0.05) is 7.77 Å². The number of benzene rings is 1. The molecule has 0 aliphatic heterocycles. The Morgan fingerprint density at radius 2 is 2.24 bits per heavy atom. The molecule has 0 bridgehead atoms. The van der Waals surface area contributed by atoms with Gasteiger partial charge in [-0.2, -0.15) is 0 Å². The highest BCUT2D eigenvalue weighted by Crippen LogP contribution is 2.24. The monoisotopic (exact) mass is 241 g/mol. The molecule has 0 aliphatic carbocycles. The van der Waals surface area contributed by atoms with Crippen molar-refractivity contribution >= 4 is 5.97 Å². The predicted molar refractivity (Wildman–Crippen MR) is 62.4 cm³/mol. The summed E-state index contributed by atoms with van der Waals surface area (Å²) in [6.07, 6.45) is -0.594. The third-order valence-corrected chi connectivity index (χ3v) is 2.45. The van der Waals surface area contributed by atoms with Crippen LogP contribution in [0.4, 0.5) is 4.39 Å². The maximum absolute atomic E-state index is 13.6. The highest BCUT2D eigenvalue weighted by molar-refractivity contribution is 5.69. The number of esters is 1. The molecule has 0 fully saturated rings. The summed E-state index contributed by atoms with van der Waals surface area (Å²) in [6.45, 7) is 3.64. The number of carbonyl (C=O) groups is 1. The fraction of sp³-hybridized carbons (Fsp3) is 0.462. The molecule has 1 N–H and O–H groups in total. The SMILES string of the molecule is [2H]C(Cc1ccc(O)c(F)c1CC)C(=O)OCC. The summed E-state index contributed by atoms with van der Waals surface area (Å²) in [4.78, 5) is 11.3. The second-order valence-electron chi connectivity index (χ2n) is 3.55. The molecule has 4 heteroatoms. The van der Waals surface area contributed by atoms with E-state index in [0.717, 1.165) is 0 Å². The zero-order valence-corrected chi connectivity index (χ0v) is 10.00. The van der Waals surface area contributed by atoms with Crippen molar-refractivity contribution in [3.05, 3.63) is 29.1 Å². The van der Waals surface area contributed by atoms with Gasteiger partial charge in [0.15, 0.2) is 11.6 Å². The molecule has 0 spiro atoms. The van der Waals surface area contributed by atoms with E-state index in [0.29, 0.717) is 17.5 Å². The molecule has 0 saturated heterocycles. The molecule has 1 atom stereocenters. The van der Waals surface area contributed by atoms with Gasteiger partial charge in [-0.15, -0.1) is 0 Å². The van der Waals surface area contributed by atoms with Gasteiger partial charge in [0.05, 0.1) is 6.61 Å². The van der Waals surface area contributed by atoms with Crippen molar-refractivity contribution in [3.8, 4) is 5.75 Å². The van der Waals surface area contributed by atoms with Crippen LogP contribution in [0.5, 0.6) is 5.75 Å². The van der Waals surface area contributed by atoms with Gasteiger partial charge in [-0.25, -0.2) is 4.39 Å². The molecule has 0 heterocycles. The fourth-order valence-electron chi connectivity index (χ4n) is 1.62. The summed E-state index contributed by atoms with van der Waals surface area (Å²) in [6, 6.07) is 2.78. The first-order valence-corrected chi connectivity index (χ1v) is 5.59. The lowest BCUT2D eigenvalue weighted by molar-refractivity contribution is -0.143. The lowest BCUT2D eigenvalue weighted by Crippen LogP contribution is -2.07. The first kappa shape index (κ1) is 11.9. The van der Waals surface area contributed by atoms with E-state index in [-0.39, 0.29) is 13.0 Å². The summed E-state index contributed by atoms with van der Waals surface area (Å²) in [5.41, 5.74) is 0.900. The van der Waals surface area contributed by atoms with Crippen molar-refractivity contribution < 1.29 is 20.4 Å². The molecule has 0 radical (unpaired) electrons. The number of rotatable bonds is 5. The molecule has 1 aromatic carbocycles. The van der Waals surface area contributed by atoms with Crippen molar-refractivity contribution in [3.63, 3.8) is 0 Å². The van der Waals surface area contributed by atoms with Crippen LogP contribution in [-0.4, -0.2) is 17.7 Å². The van der Waals surface area contributed by atoms with Crippen LogP contribution in [0.25, 0.3) is 0 Å². The minimum atomic E-state index is -1.07. The Labute approximate surface area is 102 Å². The number of hydrogen-bond donors (Lipinski definition) is 1. The Morgan fingerprint density at radius 3 is 2.82 bits per heavy atom. The van der Waals surface area contributed by atoms with Gasteiger partial charge in [-0.3, -0.25) is 4.79 Å². The van der Waals surface area contributed by atoms with Crippen LogP contribution in [-0.2, 0) is 22.4 Å². The summed E-state index contributed by atoms with van der Waals surface area (Å²) in [5, 5.41) is 9.27. The van der Waals surface area contributed by atoms with Crippen LogP contribution in [0.1, 0.15) is 32.7 Å². The normalized spacial score (nSPS) is 13.0. The fourth-order valence-corrected chi connectivity index (χ4v) is 1.62. The van der Waals surface area contributed by atoms with Crippen molar-refractivity contribution in [1.29, 1.82) is 0 Å². The molecular weight excluding hydrogens is 223 g/mol. The van der Waals surface area contributed by atoms with Gasteiger partial charge in [0.1, 0.15) is 0 Å². The molecule has 1 unspecified atom stereocenters. The number of hydrogen-bond acceptors (Lipinski definition) is 3. The van der Waals surface area contributed by atoms with Crippen LogP contribution in [0.3, 0.4) is 0 Å². The van der Waals surface area contributed by atoms with E-state index >= 15 is 0 Å². The standard InChI is InChI=1S/C13H17FO3/c1-3-10-9(5-7-11(15)13(10)14)6-8-12(16)17-4-2/h5,7,15H,3-4,6,8H2,1-2H3/i8D. The van der Waals surface area contributed by atoms with Crippen LogP contribution in [0.2, 0.25) is 0 Å². The zero-order valence-electron chi connectivity index (χ0n) is 11.0. The van der Waals surface area contributed by atoms with Gasteiger partial charge >= 0.3 is 5.97 Å². The predicted octanol–water partition coefficient (Wildman–Crippen LogP) is 2.59. The maximum Gasteiger partial charge on any atom is 0.306 e. The van der Waals surface area contributed by atoms with Gasteiger partial charge in [-0.05, 0) is 37.0 Å². The topological polar surface area (TPSA) is 46.5 Å². The second kappa shape index (κ2) is 6.23. The molecule has 17 heavy (non-hydrogen) atoms. The molecule has 0 aromatic heterocycles. The molecule has 0 amide bonds. The van der Waals surface area contributed by atoms with Crippen LogP contribution in [0, 0.1) is 5.82 Å². The minimum absolute atomic E-state index is 0.0825. The molecular formula is C13H17FO3. The molecule has 94 valence electrons. The summed E-state index contributed by atoms with van der Waals surface area (Å²) < 4.78 is 26.0. The van der Waals surface area contributed by atoms with Crippen LogP contribution in [0.15, 0.2) is 12.1 Å². The third kappa shape index (κ3) is 3.44. The zero-order chi connectivity index (χ0) is 13.7. The van der Waals surface area contributed by atoms with E-state index in [1.807, 2.05) is 0 Å². The minimum Gasteiger partial charge on any atom is -0.505 e. The molecule has 0 aliphatic rings. The first-order valence-electron chi connectivity index (χ1n) is 6.17. The summed E-state index contributed by atoms with van der Waals surface area (Å²) in [7, 11) is 0. The second-order valence-corrected chi connectivity index (χ2v) is 3.55. The average molecular weight is 241 g/mol. The average Bonchev–Trinajstić information content (AvgIpc) is 2.34. The Bertz CT molecular complexity index is 434. The van der Waals surface area contributed by atoms with E-state index in [2.05, 4.69) is 0 Å². The maximum atomic E-state index is 13.6. The molecule has 1 rings (SSSR count). The Hall–Kier alpha value is -1.58. The van der Waals surface area contributed by atoms with Crippen molar-refractivity contribution in [2.24, 2.45) is 0 Å². The lowest BCUT2D eigenvalue weighted by atomic mass is 10.00. The van der Waals surface area contributed by atoms with E-state index in [1.165, 1.54) is 12.1 Å². The number of phenolic OH excluding ortho intramolecular Hbond substituents is 1. The van der Waals surface area contributed by atoms with Crippen LogP contribution >= 0.6 is 0 Å². The number of aromatic hydroxyl groups is 1. The third-order valence-electron chi connectivity index (χ3n) is 2.45. The summed E-state index contributed by atoms with van der Waals surface area (Å²) >= 11 is 0. The highest BCUT2D eigenvalue weighted by atomic mass is 19.1. The van der Waals surface area contributed by atoms with Crippen molar-refractivity contribution in [2.75, 3.05) is 6.61 Å². The summed E-state index contributed by atoms with van der Waals surface area (Å²) in [5.74, 6) is -1.70. The van der Waals surface area contributed by atoms with Crippen molar-refractivity contribution in [2.45, 2.75) is 33.1 Å². The Kier molecular flexibility index (Phi) is 4.36. The van der Waals surface area contributed by atoms with Gasteiger partial charge < -0.3 is 9.84 Å². The Morgan fingerprint density at radius 1 is 1.53 bits per heavy atom. The molecule has 3 nitrogen and oxygen atoms in total. The van der Waals surface area contributed by atoms with Gasteiger partial charge in [0.2, 0.25) is 0 Å². The van der Waals surface area contributed by atoms with Gasteiger partial charge in [-0.1, -0.05) is 13.0 Å². The lowest BCUT2D eigenvalue weighted by Gasteiger charge is -2.09. The van der Waals surface area contributed by atoms with Gasteiger partial charge in [0.25, 0.3) is 0 Å². The molecule has 1 aromatic rings. The van der Waals surface area contributed by atoms with E-state index in [9.17, 15) is 14.3 Å². The number of aryl methyl sites for hydroxylation is 1. The van der Waals surface area contributed by atoms with Crippen LogP contribution < -0.4 is 0 Å².